The third kappa shape index (κ3) is 2.73. The second-order valence-electron chi connectivity index (χ2n) is 4.71. The number of allylic oxidation sites excluding steroid dienone is 1. The van der Waals surface area contributed by atoms with Crippen molar-refractivity contribution < 1.29 is 4.79 Å². The molecule has 3 nitrogen and oxygen atoms in total. The third-order valence-corrected chi connectivity index (χ3v) is 3.49. The van der Waals surface area contributed by atoms with E-state index >= 15 is 0 Å². The second-order valence-corrected chi connectivity index (χ2v) is 5.14. The fraction of sp³-hybridized carbons (Fsp3) is 0.0588. The van der Waals surface area contributed by atoms with Crippen molar-refractivity contribution in [2.75, 3.05) is 0 Å². The Labute approximate surface area is 127 Å². The molecule has 0 saturated carbocycles. The number of aromatic nitrogens is 2. The fourth-order valence-corrected chi connectivity index (χ4v) is 2.37. The van der Waals surface area contributed by atoms with Crippen LogP contribution in [0.5, 0.6) is 0 Å². The van der Waals surface area contributed by atoms with E-state index in [4.69, 9.17) is 11.6 Å². The minimum Gasteiger partial charge on any atom is -0.269 e. The van der Waals surface area contributed by atoms with Crippen LogP contribution in [0.3, 0.4) is 0 Å². The van der Waals surface area contributed by atoms with Crippen LogP contribution in [0.1, 0.15) is 16.2 Å². The molecule has 0 aliphatic rings. The van der Waals surface area contributed by atoms with E-state index in [1.54, 1.807) is 28.9 Å². The van der Waals surface area contributed by atoms with Crippen LogP contribution >= 0.6 is 11.6 Å². The Hall–Kier alpha value is -2.39. The molecule has 0 unspecified atom stereocenters. The molecule has 0 bridgehead atoms. The van der Waals surface area contributed by atoms with E-state index in [0.717, 1.165) is 16.6 Å². The summed E-state index contributed by atoms with van der Waals surface area (Å²) in [6, 6.07) is 14.9. The molecule has 0 amide bonds. The monoisotopic (exact) mass is 296 g/mol. The lowest BCUT2D eigenvalue weighted by Crippen LogP contribution is -2.08. The summed E-state index contributed by atoms with van der Waals surface area (Å²) in [5.74, 6) is 0.568. The quantitative estimate of drug-likeness (QED) is 0.659. The zero-order valence-electron chi connectivity index (χ0n) is 11.5. The molecular formula is C17H13ClN2O. The molecule has 1 heterocycles. The molecule has 0 atom stereocenters. The number of halogens is 1. The van der Waals surface area contributed by atoms with Crippen molar-refractivity contribution in [1.29, 1.82) is 0 Å². The molecule has 2 aromatic carbocycles. The highest BCUT2D eigenvalue weighted by molar-refractivity contribution is 6.30. The Morgan fingerprint density at radius 3 is 2.62 bits per heavy atom. The van der Waals surface area contributed by atoms with E-state index in [1.165, 1.54) is 0 Å². The number of imidazole rings is 1. The van der Waals surface area contributed by atoms with Gasteiger partial charge in [-0.25, -0.2) is 4.98 Å². The Kier molecular flexibility index (Phi) is 3.59. The van der Waals surface area contributed by atoms with Gasteiger partial charge in [0.05, 0.1) is 11.0 Å². The van der Waals surface area contributed by atoms with Gasteiger partial charge >= 0.3 is 0 Å². The van der Waals surface area contributed by atoms with E-state index in [0.29, 0.717) is 10.8 Å². The van der Waals surface area contributed by atoms with Crippen molar-refractivity contribution >= 4 is 34.6 Å². The lowest BCUT2D eigenvalue weighted by Gasteiger charge is -2.01. The van der Waals surface area contributed by atoms with Crippen molar-refractivity contribution in [3.8, 4) is 0 Å². The van der Waals surface area contributed by atoms with Crippen molar-refractivity contribution in [1.82, 2.24) is 9.55 Å². The topological polar surface area (TPSA) is 34.9 Å². The average molecular weight is 297 g/mol. The molecule has 0 spiro atoms. The van der Waals surface area contributed by atoms with Crippen LogP contribution < -0.4 is 0 Å². The first-order valence-electron chi connectivity index (χ1n) is 6.57. The van der Waals surface area contributed by atoms with Crippen LogP contribution in [0.15, 0.2) is 54.6 Å². The van der Waals surface area contributed by atoms with Crippen LogP contribution in [0, 0.1) is 6.92 Å². The maximum Gasteiger partial charge on any atom is 0.256 e. The molecule has 0 aliphatic carbocycles. The Balaban J connectivity index is 1.94. The number of hydrogen-bond acceptors (Lipinski definition) is 2. The SMILES string of the molecule is Cc1nc2ccccc2n1C(=O)/C=C/c1ccc(Cl)cc1. The van der Waals surface area contributed by atoms with Gasteiger partial charge in [0.1, 0.15) is 5.82 Å². The van der Waals surface area contributed by atoms with Crippen LogP contribution in [0.25, 0.3) is 17.1 Å². The van der Waals surface area contributed by atoms with Gasteiger partial charge in [-0.2, -0.15) is 0 Å². The maximum atomic E-state index is 12.4. The summed E-state index contributed by atoms with van der Waals surface area (Å²) in [4.78, 5) is 16.8. The van der Waals surface area contributed by atoms with Gasteiger partial charge in [0.15, 0.2) is 0 Å². The van der Waals surface area contributed by atoms with Crippen LogP contribution in [-0.4, -0.2) is 15.5 Å². The number of nitrogens with zero attached hydrogens (tertiary/aromatic N) is 2. The van der Waals surface area contributed by atoms with Gasteiger partial charge in [-0.15, -0.1) is 0 Å². The van der Waals surface area contributed by atoms with E-state index in [-0.39, 0.29) is 5.91 Å². The number of carbonyl (C=O) groups excluding carboxylic acids is 1. The molecule has 3 aromatic rings. The first-order chi connectivity index (χ1) is 10.1. The predicted molar refractivity (Wildman–Crippen MR) is 85.6 cm³/mol. The van der Waals surface area contributed by atoms with Crippen molar-refractivity contribution in [3.05, 3.63) is 71.0 Å². The highest BCUT2D eigenvalue weighted by atomic mass is 35.5. The van der Waals surface area contributed by atoms with Gasteiger partial charge < -0.3 is 0 Å². The lowest BCUT2D eigenvalue weighted by atomic mass is 10.2. The van der Waals surface area contributed by atoms with Gasteiger partial charge in [-0.3, -0.25) is 9.36 Å². The van der Waals surface area contributed by atoms with E-state index < -0.39 is 0 Å². The minimum atomic E-state index is -0.115. The molecular weight excluding hydrogens is 284 g/mol. The summed E-state index contributed by atoms with van der Waals surface area (Å²) >= 11 is 5.84. The lowest BCUT2D eigenvalue weighted by molar-refractivity contribution is 0.0972. The summed E-state index contributed by atoms with van der Waals surface area (Å²) in [7, 11) is 0. The maximum absolute atomic E-state index is 12.4. The number of aryl methyl sites for hydroxylation is 1. The van der Waals surface area contributed by atoms with E-state index in [1.807, 2.05) is 43.3 Å². The molecule has 3 rings (SSSR count). The van der Waals surface area contributed by atoms with Gasteiger partial charge in [0, 0.05) is 11.1 Å². The number of rotatable bonds is 2. The highest BCUT2D eigenvalue weighted by Crippen LogP contribution is 2.16. The smallest absolute Gasteiger partial charge is 0.256 e. The molecule has 4 heteroatoms. The summed E-state index contributed by atoms with van der Waals surface area (Å²) < 4.78 is 1.61. The van der Waals surface area contributed by atoms with Gasteiger partial charge in [-0.1, -0.05) is 35.9 Å². The standard InChI is InChI=1S/C17H13ClN2O/c1-12-19-15-4-2-3-5-16(15)20(12)17(21)11-8-13-6-9-14(18)10-7-13/h2-11H,1H3/b11-8+. The van der Waals surface area contributed by atoms with Gasteiger partial charge in [-0.05, 0) is 42.8 Å². The number of carbonyl (C=O) groups is 1. The zero-order chi connectivity index (χ0) is 14.8. The normalized spacial score (nSPS) is 11.3. The molecule has 0 N–H and O–H groups in total. The number of hydrogen-bond donors (Lipinski definition) is 0. The van der Waals surface area contributed by atoms with E-state index in [9.17, 15) is 4.79 Å². The zero-order valence-corrected chi connectivity index (χ0v) is 12.2. The molecule has 21 heavy (non-hydrogen) atoms. The highest BCUT2D eigenvalue weighted by Gasteiger charge is 2.10. The molecule has 1 aromatic heterocycles. The third-order valence-electron chi connectivity index (χ3n) is 3.24. The summed E-state index contributed by atoms with van der Waals surface area (Å²) in [5, 5.41) is 0.676. The van der Waals surface area contributed by atoms with Crippen LogP contribution in [-0.2, 0) is 0 Å². The summed E-state index contributed by atoms with van der Waals surface area (Å²) in [6.07, 6.45) is 3.32. The Morgan fingerprint density at radius 2 is 1.86 bits per heavy atom. The van der Waals surface area contributed by atoms with Gasteiger partial charge in [0.25, 0.3) is 5.91 Å². The van der Waals surface area contributed by atoms with Crippen LogP contribution in [0.4, 0.5) is 0 Å². The Bertz CT molecular complexity index is 832. The summed E-state index contributed by atoms with van der Waals surface area (Å²) in [6.45, 7) is 1.83. The minimum absolute atomic E-state index is 0.115. The first-order valence-corrected chi connectivity index (χ1v) is 6.95. The van der Waals surface area contributed by atoms with Crippen molar-refractivity contribution in [2.24, 2.45) is 0 Å². The average Bonchev–Trinajstić information content (AvgIpc) is 2.82. The molecule has 0 fully saturated rings. The van der Waals surface area contributed by atoms with E-state index in [2.05, 4.69) is 4.98 Å². The number of fused-ring (bicyclic) bond motifs is 1. The molecule has 0 saturated heterocycles. The number of benzene rings is 2. The largest absolute Gasteiger partial charge is 0.269 e. The van der Waals surface area contributed by atoms with Crippen LogP contribution in [0.2, 0.25) is 5.02 Å². The molecule has 104 valence electrons. The second kappa shape index (κ2) is 5.54. The predicted octanol–water partition coefficient (Wildman–Crippen LogP) is 4.35. The van der Waals surface area contributed by atoms with Gasteiger partial charge in [0.2, 0.25) is 0 Å². The first kappa shape index (κ1) is 13.6. The fourth-order valence-electron chi connectivity index (χ4n) is 2.24. The molecule has 0 aliphatic heterocycles. The molecule has 0 radical (unpaired) electrons. The van der Waals surface area contributed by atoms with Crippen molar-refractivity contribution in [3.63, 3.8) is 0 Å². The number of para-hydroxylation sites is 2. The summed E-state index contributed by atoms with van der Waals surface area (Å²) in [5.41, 5.74) is 2.57. The van der Waals surface area contributed by atoms with Crippen molar-refractivity contribution in [2.45, 2.75) is 6.92 Å². The Morgan fingerprint density at radius 1 is 1.14 bits per heavy atom.